The number of fused-ring (bicyclic) bond motifs is 2. The number of ether oxygens (including phenoxy) is 1. The molecule has 0 saturated heterocycles. The first kappa shape index (κ1) is 16.9. The fraction of sp³-hybridized carbons (Fsp3) is 0.190. The van der Waals surface area contributed by atoms with E-state index in [2.05, 4.69) is 15.4 Å². The fourth-order valence-corrected chi connectivity index (χ4v) is 4.53. The van der Waals surface area contributed by atoms with Crippen molar-refractivity contribution < 1.29 is 9.53 Å². The lowest BCUT2D eigenvalue weighted by molar-refractivity contribution is -0.116. The number of hydrogen-bond donors (Lipinski definition) is 1. The number of nitrogens with one attached hydrogen (secondary N) is 1. The van der Waals surface area contributed by atoms with Gasteiger partial charge in [-0.25, -0.2) is 4.98 Å². The summed E-state index contributed by atoms with van der Waals surface area (Å²) < 4.78 is 8.45. The summed E-state index contributed by atoms with van der Waals surface area (Å²) in [6.45, 7) is 2.57. The second-order valence-corrected chi connectivity index (χ2v) is 7.64. The number of nitrogens with zero attached hydrogens (tertiary/aromatic N) is 3. The summed E-state index contributed by atoms with van der Waals surface area (Å²) in [6.07, 6.45) is 2.22. The number of rotatable bonds is 4. The van der Waals surface area contributed by atoms with Gasteiger partial charge in [0.2, 0.25) is 11.0 Å². The van der Waals surface area contributed by atoms with Crippen molar-refractivity contribution in [3.63, 3.8) is 0 Å². The smallest absolute Gasteiger partial charge is 0.226 e. The minimum Gasteiger partial charge on any atom is -0.494 e. The number of para-hydroxylation sites is 1. The van der Waals surface area contributed by atoms with Crippen LogP contribution in [0.5, 0.6) is 5.75 Å². The summed E-state index contributed by atoms with van der Waals surface area (Å²) in [4.78, 5) is 17.1. The molecule has 7 heteroatoms. The van der Waals surface area contributed by atoms with Gasteiger partial charge in [0.05, 0.1) is 23.0 Å². The van der Waals surface area contributed by atoms with Crippen molar-refractivity contribution in [2.24, 2.45) is 0 Å². The largest absolute Gasteiger partial charge is 0.494 e. The maximum Gasteiger partial charge on any atom is 0.226 e. The van der Waals surface area contributed by atoms with Crippen LogP contribution < -0.4 is 10.1 Å². The molecule has 0 spiro atoms. The third-order valence-electron chi connectivity index (χ3n) is 4.86. The Kier molecular flexibility index (Phi) is 4.09. The molecule has 0 aliphatic carbocycles. The van der Waals surface area contributed by atoms with Gasteiger partial charge in [-0.15, -0.1) is 0 Å². The Hall–Kier alpha value is -3.19. The Morgan fingerprint density at radius 1 is 1.25 bits per heavy atom. The van der Waals surface area contributed by atoms with Gasteiger partial charge in [-0.3, -0.25) is 4.79 Å². The van der Waals surface area contributed by atoms with E-state index >= 15 is 0 Å². The molecule has 2 aromatic carbocycles. The zero-order valence-electron chi connectivity index (χ0n) is 15.3. The minimum atomic E-state index is -0.0627. The predicted octanol–water partition coefficient (Wildman–Crippen LogP) is 4.35. The molecule has 0 bridgehead atoms. The summed E-state index contributed by atoms with van der Waals surface area (Å²) >= 11 is 1.55. The van der Waals surface area contributed by atoms with E-state index in [1.54, 1.807) is 16.0 Å². The number of hydrogen-bond acceptors (Lipinski definition) is 5. The van der Waals surface area contributed by atoms with Crippen LogP contribution in [0.2, 0.25) is 0 Å². The molecule has 1 aliphatic rings. The molecule has 0 radical (unpaired) electrons. The van der Waals surface area contributed by atoms with Crippen LogP contribution in [-0.2, 0) is 4.79 Å². The van der Waals surface area contributed by atoms with E-state index in [0.29, 0.717) is 18.8 Å². The van der Waals surface area contributed by atoms with E-state index in [4.69, 9.17) is 4.74 Å². The lowest BCUT2D eigenvalue weighted by atomic mass is 9.87. The number of carbonyl (C=O) groups is 1. The van der Waals surface area contributed by atoms with Crippen molar-refractivity contribution in [2.45, 2.75) is 19.3 Å². The standard InChI is InChI=1S/C21H18N4O2S/c1-2-27-14-7-5-6-13(10-14)15-11-19(26)24-20-16(15)12-22-25(20)21-23-17-8-3-4-9-18(17)28-21/h3-10,12,15H,2,11H2,1H3,(H,24,26)/t15-/m1/s1. The average Bonchev–Trinajstić information content (AvgIpc) is 3.31. The highest BCUT2D eigenvalue weighted by Gasteiger charge is 2.31. The molecule has 0 unspecified atom stereocenters. The monoisotopic (exact) mass is 390 g/mol. The number of thiazole rings is 1. The van der Waals surface area contributed by atoms with E-state index in [9.17, 15) is 4.79 Å². The van der Waals surface area contributed by atoms with Gasteiger partial charge in [0, 0.05) is 17.9 Å². The van der Waals surface area contributed by atoms with Gasteiger partial charge in [-0.2, -0.15) is 9.78 Å². The molecule has 2 aromatic heterocycles. The van der Waals surface area contributed by atoms with Crippen LogP contribution in [0.3, 0.4) is 0 Å². The number of carbonyl (C=O) groups excluding carboxylic acids is 1. The van der Waals surface area contributed by atoms with Crippen LogP contribution in [0.1, 0.15) is 30.4 Å². The Labute approximate surface area is 165 Å². The summed E-state index contributed by atoms with van der Waals surface area (Å²) in [5.74, 6) is 1.42. The second kappa shape index (κ2) is 6.76. The number of aromatic nitrogens is 3. The summed E-state index contributed by atoms with van der Waals surface area (Å²) in [7, 11) is 0. The molecule has 28 heavy (non-hydrogen) atoms. The summed E-state index contributed by atoms with van der Waals surface area (Å²) in [5, 5.41) is 8.28. The van der Waals surface area contributed by atoms with Crippen molar-refractivity contribution in [3.05, 3.63) is 65.9 Å². The van der Waals surface area contributed by atoms with Crippen LogP contribution in [0, 0.1) is 0 Å². The van der Waals surface area contributed by atoms with Gasteiger partial charge < -0.3 is 10.1 Å². The van der Waals surface area contributed by atoms with Crippen LogP contribution in [0.4, 0.5) is 5.82 Å². The highest BCUT2D eigenvalue weighted by Crippen LogP contribution is 2.39. The zero-order valence-corrected chi connectivity index (χ0v) is 16.1. The normalized spacial score (nSPS) is 16.0. The van der Waals surface area contributed by atoms with Gasteiger partial charge in [0.25, 0.3) is 0 Å². The molecule has 4 aromatic rings. The molecule has 1 atom stereocenters. The topological polar surface area (TPSA) is 69.0 Å². The number of anilines is 1. The molecule has 1 aliphatic heterocycles. The van der Waals surface area contributed by atoms with Crippen molar-refractivity contribution >= 4 is 33.3 Å². The van der Waals surface area contributed by atoms with E-state index in [-0.39, 0.29) is 11.8 Å². The first-order valence-electron chi connectivity index (χ1n) is 9.19. The third kappa shape index (κ3) is 2.84. The number of amides is 1. The van der Waals surface area contributed by atoms with Gasteiger partial charge in [0.1, 0.15) is 11.6 Å². The molecule has 1 amide bonds. The van der Waals surface area contributed by atoms with E-state index in [1.165, 1.54) is 0 Å². The zero-order chi connectivity index (χ0) is 19.1. The van der Waals surface area contributed by atoms with Crippen molar-refractivity contribution in [1.82, 2.24) is 14.8 Å². The Bertz CT molecular complexity index is 1150. The molecule has 6 nitrogen and oxygen atoms in total. The third-order valence-corrected chi connectivity index (χ3v) is 5.87. The maximum atomic E-state index is 12.5. The van der Waals surface area contributed by atoms with Crippen molar-refractivity contribution in [2.75, 3.05) is 11.9 Å². The van der Waals surface area contributed by atoms with E-state index in [0.717, 1.165) is 32.2 Å². The SMILES string of the molecule is CCOc1cccc([C@H]2CC(=O)Nc3c2cnn3-c2nc3ccccc3s2)c1. The second-order valence-electron chi connectivity index (χ2n) is 6.63. The summed E-state index contributed by atoms with van der Waals surface area (Å²) in [5.41, 5.74) is 2.97. The van der Waals surface area contributed by atoms with Crippen LogP contribution in [0.25, 0.3) is 15.3 Å². The molecule has 3 heterocycles. The molecule has 0 saturated carbocycles. The molecule has 5 rings (SSSR count). The highest BCUT2D eigenvalue weighted by atomic mass is 32.1. The van der Waals surface area contributed by atoms with Gasteiger partial charge in [-0.1, -0.05) is 35.6 Å². The maximum absolute atomic E-state index is 12.5. The van der Waals surface area contributed by atoms with Crippen LogP contribution in [0.15, 0.2) is 54.7 Å². The van der Waals surface area contributed by atoms with Gasteiger partial charge in [0.15, 0.2) is 0 Å². The number of benzene rings is 2. The van der Waals surface area contributed by atoms with Crippen LogP contribution >= 0.6 is 11.3 Å². The van der Waals surface area contributed by atoms with Gasteiger partial charge >= 0.3 is 0 Å². The van der Waals surface area contributed by atoms with Crippen molar-refractivity contribution in [3.8, 4) is 10.9 Å². The lowest BCUT2D eigenvalue weighted by Crippen LogP contribution is -2.24. The Balaban J connectivity index is 1.59. The highest BCUT2D eigenvalue weighted by molar-refractivity contribution is 7.20. The summed E-state index contributed by atoms with van der Waals surface area (Å²) in [6, 6.07) is 15.9. The fourth-order valence-electron chi connectivity index (χ4n) is 3.60. The molecule has 140 valence electrons. The molecular formula is C21H18N4O2S. The molecule has 0 fully saturated rings. The van der Waals surface area contributed by atoms with Crippen LogP contribution in [-0.4, -0.2) is 27.3 Å². The van der Waals surface area contributed by atoms with Gasteiger partial charge in [-0.05, 0) is 36.8 Å². The quantitative estimate of drug-likeness (QED) is 0.562. The van der Waals surface area contributed by atoms with E-state index in [1.807, 2.05) is 61.7 Å². The minimum absolute atomic E-state index is 0.0258. The predicted molar refractivity (Wildman–Crippen MR) is 109 cm³/mol. The van der Waals surface area contributed by atoms with Crippen molar-refractivity contribution in [1.29, 1.82) is 0 Å². The average molecular weight is 390 g/mol. The Morgan fingerprint density at radius 2 is 2.14 bits per heavy atom. The first-order chi connectivity index (χ1) is 13.7. The van der Waals surface area contributed by atoms with E-state index < -0.39 is 0 Å². The first-order valence-corrected chi connectivity index (χ1v) is 10.0. The Morgan fingerprint density at radius 3 is 3.00 bits per heavy atom. The lowest BCUT2D eigenvalue weighted by Gasteiger charge is -2.23. The molecular weight excluding hydrogens is 372 g/mol. The molecule has 1 N–H and O–H groups in total.